The fourth-order valence-corrected chi connectivity index (χ4v) is 2.00. The average molecular weight is 243 g/mol. The number of nitrogens with zero attached hydrogens (tertiary/aromatic N) is 1. The summed E-state index contributed by atoms with van der Waals surface area (Å²) >= 11 is 0. The molecule has 4 N–H and O–H groups in total. The first-order chi connectivity index (χ1) is 7.92. The van der Waals surface area contributed by atoms with E-state index < -0.39 is 5.60 Å². The second-order valence-electron chi connectivity index (χ2n) is 4.86. The topological polar surface area (TPSA) is 96.9 Å². The van der Waals surface area contributed by atoms with Crippen molar-refractivity contribution in [3.05, 3.63) is 0 Å². The van der Waals surface area contributed by atoms with Gasteiger partial charge in [0.15, 0.2) is 0 Å². The summed E-state index contributed by atoms with van der Waals surface area (Å²) in [7, 11) is 1.50. The van der Waals surface area contributed by atoms with Crippen LogP contribution in [0.25, 0.3) is 0 Å². The molecule has 6 nitrogen and oxygen atoms in total. The zero-order valence-electron chi connectivity index (χ0n) is 10.6. The number of amides is 1. The Labute approximate surface area is 101 Å². The first-order valence-electron chi connectivity index (χ1n) is 5.76. The smallest absolute Gasteiger partial charge is 0.251 e. The lowest BCUT2D eigenvalue weighted by Crippen LogP contribution is -2.50. The van der Waals surface area contributed by atoms with Crippen molar-refractivity contribution in [3.8, 4) is 0 Å². The molecule has 17 heavy (non-hydrogen) atoms. The summed E-state index contributed by atoms with van der Waals surface area (Å²) in [4.78, 5) is 11.9. The van der Waals surface area contributed by atoms with Gasteiger partial charge in [-0.2, -0.15) is 0 Å². The van der Waals surface area contributed by atoms with Gasteiger partial charge < -0.3 is 21.0 Å². The molecule has 1 rings (SSSR count). The van der Waals surface area contributed by atoms with E-state index in [1.54, 1.807) is 13.8 Å². The predicted molar refractivity (Wildman–Crippen MR) is 63.8 cm³/mol. The molecule has 1 fully saturated rings. The summed E-state index contributed by atoms with van der Waals surface area (Å²) in [5.41, 5.74) is 4.74. The van der Waals surface area contributed by atoms with Crippen molar-refractivity contribution in [1.29, 1.82) is 0 Å². The Morgan fingerprint density at radius 1 is 1.53 bits per heavy atom. The Hall–Kier alpha value is -1.30. The van der Waals surface area contributed by atoms with E-state index in [2.05, 4.69) is 10.5 Å². The highest BCUT2D eigenvalue weighted by Gasteiger charge is 2.35. The van der Waals surface area contributed by atoms with Crippen LogP contribution >= 0.6 is 0 Å². The van der Waals surface area contributed by atoms with Gasteiger partial charge in [-0.1, -0.05) is 11.6 Å². The normalized spacial score (nSPS) is 25.9. The quantitative estimate of drug-likeness (QED) is 0.289. The Bertz CT molecular complexity index is 315. The summed E-state index contributed by atoms with van der Waals surface area (Å²) in [6, 6.07) is -0.0761. The van der Waals surface area contributed by atoms with E-state index in [1.807, 2.05) is 0 Å². The van der Waals surface area contributed by atoms with Gasteiger partial charge in [0, 0.05) is 19.1 Å². The third-order valence-electron chi connectivity index (χ3n) is 3.38. The number of nitrogens with one attached hydrogen (secondary N) is 1. The highest BCUT2D eigenvalue weighted by atomic mass is 16.5. The molecular formula is C11H21N3O3. The summed E-state index contributed by atoms with van der Waals surface area (Å²) < 4.78 is 5.11. The van der Waals surface area contributed by atoms with Gasteiger partial charge in [-0.05, 0) is 26.7 Å². The molecule has 2 unspecified atom stereocenters. The minimum Gasteiger partial charge on any atom is -0.409 e. The first kappa shape index (κ1) is 13.8. The highest BCUT2D eigenvalue weighted by molar-refractivity contribution is 5.87. The Balaban J connectivity index is 2.65. The molecule has 0 spiro atoms. The van der Waals surface area contributed by atoms with E-state index in [-0.39, 0.29) is 23.7 Å². The summed E-state index contributed by atoms with van der Waals surface area (Å²) in [5, 5.41) is 14.6. The van der Waals surface area contributed by atoms with Gasteiger partial charge in [-0.25, -0.2) is 0 Å². The van der Waals surface area contributed by atoms with Gasteiger partial charge >= 0.3 is 0 Å². The van der Waals surface area contributed by atoms with Gasteiger partial charge in [0.2, 0.25) is 0 Å². The number of nitrogens with two attached hydrogens (primary N) is 1. The minimum absolute atomic E-state index is 0.0761. The largest absolute Gasteiger partial charge is 0.409 e. The Kier molecular flexibility index (Phi) is 4.34. The number of ether oxygens (including phenoxy) is 1. The molecular weight excluding hydrogens is 222 g/mol. The van der Waals surface area contributed by atoms with Crippen LogP contribution in [0.5, 0.6) is 0 Å². The zero-order valence-corrected chi connectivity index (χ0v) is 10.6. The number of rotatable bonds is 4. The van der Waals surface area contributed by atoms with Crippen LogP contribution in [0.3, 0.4) is 0 Å². The summed E-state index contributed by atoms with van der Waals surface area (Å²) in [6.45, 7) is 3.41. The van der Waals surface area contributed by atoms with Crippen molar-refractivity contribution < 1.29 is 14.7 Å². The molecule has 1 aliphatic rings. The van der Waals surface area contributed by atoms with Crippen LogP contribution in [0.4, 0.5) is 0 Å². The molecule has 0 aliphatic heterocycles. The lowest BCUT2D eigenvalue weighted by Gasteiger charge is -2.26. The molecule has 0 saturated heterocycles. The van der Waals surface area contributed by atoms with Crippen molar-refractivity contribution in [2.45, 2.75) is 44.8 Å². The molecule has 1 saturated carbocycles. The Morgan fingerprint density at radius 2 is 2.18 bits per heavy atom. The monoisotopic (exact) mass is 243 g/mol. The molecule has 0 heterocycles. The molecule has 98 valence electrons. The maximum atomic E-state index is 11.9. The number of hydrogen-bond acceptors (Lipinski definition) is 4. The van der Waals surface area contributed by atoms with E-state index in [0.29, 0.717) is 0 Å². The molecule has 2 atom stereocenters. The van der Waals surface area contributed by atoms with E-state index in [4.69, 9.17) is 15.7 Å². The van der Waals surface area contributed by atoms with Crippen molar-refractivity contribution in [2.24, 2.45) is 16.8 Å². The second kappa shape index (κ2) is 5.35. The van der Waals surface area contributed by atoms with Crippen LogP contribution in [0.2, 0.25) is 0 Å². The van der Waals surface area contributed by atoms with Crippen LogP contribution < -0.4 is 11.1 Å². The number of carbonyl (C=O) groups is 1. The minimum atomic E-state index is -0.863. The number of amidine groups is 1. The molecule has 0 bridgehead atoms. The number of carbonyl (C=O) groups excluding carboxylic acids is 1. The van der Waals surface area contributed by atoms with E-state index in [9.17, 15) is 4.79 Å². The van der Waals surface area contributed by atoms with Gasteiger partial charge in [0.05, 0.1) is 0 Å². The SMILES string of the molecule is COC(C)(C)C(=O)NC1CCCC1C(N)=NO. The van der Waals surface area contributed by atoms with Crippen LogP contribution in [0.1, 0.15) is 33.1 Å². The summed E-state index contributed by atoms with van der Waals surface area (Å²) in [5.74, 6) is -0.0812. The molecule has 6 heteroatoms. The van der Waals surface area contributed by atoms with Crippen LogP contribution in [-0.2, 0) is 9.53 Å². The molecule has 0 aromatic heterocycles. The van der Waals surface area contributed by atoms with E-state index in [0.717, 1.165) is 19.3 Å². The van der Waals surface area contributed by atoms with Crippen LogP contribution in [-0.4, -0.2) is 35.7 Å². The van der Waals surface area contributed by atoms with Crippen LogP contribution in [0.15, 0.2) is 5.16 Å². The fourth-order valence-electron chi connectivity index (χ4n) is 2.00. The third-order valence-corrected chi connectivity index (χ3v) is 3.38. The lowest BCUT2D eigenvalue weighted by atomic mass is 10.0. The number of oxime groups is 1. The second-order valence-corrected chi connectivity index (χ2v) is 4.86. The number of hydrogen-bond donors (Lipinski definition) is 3. The lowest BCUT2D eigenvalue weighted by molar-refractivity contribution is -0.140. The average Bonchev–Trinajstić information content (AvgIpc) is 2.76. The standard InChI is InChI=1S/C11H21N3O3/c1-11(2,17-3)10(15)13-8-6-4-5-7(8)9(12)14-16/h7-8,16H,4-6H2,1-3H3,(H2,12,14)(H,13,15). The van der Waals surface area contributed by atoms with Crippen molar-refractivity contribution in [2.75, 3.05) is 7.11 Å². The maximum Gasteiger partial charge on any atom is 0.251 e. The van der Waals surface area contributed by atoms with Gasteiger partial charge in [0.25, 0.3) is 5.91 Å². The van der Waals surface area contributed by atoms with Gasteiger partial charge in [-0.3, -0.25) is 4.79 Å². The number of methoxy groups -OCH3 is 1. The van der Waals surface area contributed by atoms with E-state index in [1.165, 1.54) is 7.11 Å². The third kappa shape index (κ3) is 3.09. The van der Waals surface area contributed by atoms with Gasteiger partial charge in [0.1, 0.15) is 11.4 Å². The molecule has 1 aliphatic carbocycles. The maximum absolute atomic E-state index is 11.9. The predicted octanol–water partition coefficient (Wildman–Crippen LogP) is 0.443. The first-order valence-corrected chi connectivity index (χ1v) is 5.76. The van der Waals surface area contributed by atoms with Crippen molar-refractivity contribution in [1.82, 2.24) is 5.32 Å². The zero-order chi connectivity index (χ0) is 13.1. The van der Waals surface area contributed by atoms with Crippen LogP contribution in [0, 0.1) is 5.92 Å². The van der Waals surface area contributed by atoms with E-state index >= 15 is 0 Å². The fraction of sp³-hybridized carbons (Fsp3) is 0.818. The van der Waals surface area contributed by atoms with Crippen molar-refractivity contribution >= 4 is 11.7 Å². The molecule has 0 aromatic rings. The molecule has 1 amide bonds. The Morgan fingerprint density at radius 3 is 2.71 bits per heavy atom. The molecule has 0 aromatic carbocycles. The highest BCUT2D eigenvalue weighted by Crippen LogP contribution is 2.26. The summed E-state index contributed by atoms with van der Waals surface area (Å²) in [6.07, 6.45) is 2.62. The molecule has 0 radical (unpaired) electrons. The van der Waals surface area contributed by atoms with Crippen molar-refractivity contribution in [3.63, 3.8) is 0 Å². The van der Waals surface area contributed by atoms with Gasteiger partial charge in [-0.15, -0.1) is 0 Å².